The van der Waals surface area contributed by atoms with Gasteiger partial charge in [-0.1, -0.05) is 36.0 Å². The Morgan fingerprint density at radius 1 is 1.13 bits per heavy atom. The molecule has 2 aromatic carbocycles. The van der Waals surface area contributed by atoms with E-state index in [1.807, 2.05) is 24.3 Å². The molecule has 7 heteroatoms. The molecular weight excluding hydrogens is 316 g/mol. The van der Waals surface area contributed by atoms with Crippen molar-refractivity contribution in [3.05, 3.63) is 54.1 Å². The van der Waals surface area contributed by atoms with Gasteiger partial charge < -0.3 is 19.6 Å². The fourth-order valence-corrected chi connectivity index (χ4v) is 2.57. The first-order valence-electron chi connectivity index (χ1n) is 6.71. The largest absolute Gasteiger partial charge is 0.545 e. The monoisotopic (exact) mass is 327 g/mol. The number of nitrogens with one attached hydrogen (secondary N) is 1. The summed E-state index contributed by atoms with van der Waals surface area (Å²) < 4.78 is 5.51. The summed E-state index contributed by atoms with van der Waals surface area (Å²) in [7, 11) is 0. The predicted octanol–water partition coefficient (Wildman–Crippen LogP) is 1.92. The Labute approximate surface area is 135 Å². The van der Waals surface area contributed by atoms with Gasteiger partial charge in [0.1, 0.15) is 5.52 Å². The van der Waals surface area contributed by atoms with Crippen LogP contribution in [-0.4, -0.2) is 22.6 Å². The molecule has 0 aliphatic heterocycles. The summed E-state index contributed by atoms with van der Waals surface area (Å²) in [6.07, 6.45) is 0. The second kappa shape index (κ2) is 6.53. The maximum atomic E-state index is 11.9. The molecule has 0 aliphatic rings. The lowest BCUT2D eigenvalue weighted by atomic mass is 10.2. The summed E-state index contributed by atoms with van der Waals surface area (Å²) in [6.45, 7) is 0. The van der Waals surface area contributed by atoms with Crippen LogP contribution in [0.5, 0.6) is 0 Å². The molecule has 0 saturated carbocycles. The van der Waals surface area contributed by atoms with Crippen molar-refractivity contribution in [1.29, 1.82) is 0 Å². The number of carbonyl (C=O) groups excluding carboxylic acids is 2. The maximum absolute atomic E-state index is 11.9. The van der Waals surface area contributed by atoms with Crippen molar-refractivity contribution in [2.75, 3.05) is 11.1 Å². The average molecular weight is 327 g/mol. The number of para-hydroxylation sites is 2. The van der Waals surface area contributed by atoms with Crippen LogP contribution in [0.25, 0.3) is 11.1 Å². The van der Waals surface area contributed by atoms with Crippen LogP contribution in [0.2, 0.25) is 0 Å². The van der Waals surface area contributed by atoms with Crippen molar-refractivity contribution in [3.63, 3.8) is 0 Å². The van der Waals surface area contributed by atoms with E-state index in [4.69, 9.17) is 4.42 Å². The lowest BCUT2D eigenvalue weighted by molar-refractivity contribution is -0.255. The van der Waals surface area contributed by atoms with Crippen molar-refractivity contribution < 1.29 is 19.1 Å². The van der Waals surface area contributed by atoms with Crippen LogP contribution in [0.1, 0.15) is 10.4 Å². The number of amides is 1. The Morgan fingerprint density at radius 2 is 1.87 bits per heavy atom. The van der Waals surface area contributed by atoms with E-state index < -0.39 is 5.97 Å². The highest BCUT2D eigenvalue weighted by Crippen LogP contribution is 2.23. The summed E-state index contributed by atoms with van der Waals surface area (Å²) in [6, 6.07) is 13.1. The fourth-order valence-electron chi connectivity index (χ4n) is 1.93. The zero-order valence-corrected chi connectivity index (χ0v) is 12.6. The zero-order chi connectivity index (χ0) is 16.2. The van der Waals surface area contributed by atoms with E-state index in [1.165, 1.54) is 36.0 Å². The van der Waals surface area contributed by atoms with Crippen molar-refractivity contribution in [2.24, 2.45) is 0 Å². The van der Waals surface area contributed by atoms with Crippen molar-refractivity contribution in [1.82, 2.24) is 4.98 Å². The van der Waals surface area contributed by atoms with E-state index in [1.54, 1.807) is 0 Å². The molecule has 0 radical (unpaired) electrons. The maximum Gasteiger partial charge on any atom is 0.257 e. The summed E-state index contributed by atoms with van der Waals surface area (Å²) in [5.74, 6) is -1.36. The van der Waals surface area contributed by atoms with Gasteiger partial charge in [0.2, 0.25) is 5.91 Å². The third-order valence-electron chi connectivity index (χ3n) is 3.01. The molecule has 0 fully saturated rings. The van der Waals surface area contributed by atoms with E-state index in [9.17, 15) is 14.7 Å². The Morgan fingerprint density at radius 3 is 2.57 bits per heavy atom. The second-order valence-electron chi connectivity index (χ2n) is 4.65. The topological polar surface area (TPSA) is 95.3 Å². The summed E-state index contributed by atoms with van der Waals surface area (Å²) in [4.78, 5) is 26.8. The molecule has 1 amide bonds. The highest BCUT2D eigenvalue weighted by Gasteiger charge is 2.09. The van der Waals surface area contributed by atoms with E-state index in [0.29, 0.717) is 16.5 Å². The van der Waals surface area contributed by atoms with Crippen LogP contribution in [0, 0.1) is 0 Å². The molecule has 3 rings (SSSR count). The van der Waals surface area contributed by atoms with E-state index in [2.05, 4.69) is 10.3 Å². The molecule has 0 atom stereocenters. The molecule has 23 heavy (non-hydrogen) atoms. The van der Waals surface area contributed by atoms with Crippen molar-refractivity contribution in [2.45, 2.75) is 5.22 Å². The molecule has 0 unspecified atom stereocenters. The first kappa shape index (κ1) is 15.1. The van der Waals surface area contributed by atoms with Crippen LogP contribution >= 0.6 is 11.8 Å². The lowest BCUT2D eigenvalue weighted by Gasteiger charge is -2.06. The standard InChI is InChI=1S/C16H12N2O4S/c19-14(17-11-7-5-10(6-8-11)15(20)21)9-23-16-18-12-3-1-2-4-13(12)22-16/h1-8H,9H2,(H,17,19)(H,20,21)/p-1. The number of aromatic carboxylic acids is 1. The number of oxazole rings is 1. The molecule has 0 spiro atoms. The number of carboxylic acid groups (broad SMARTS) is 1. The Bertz CT molecular complexity index is 825. The number of benzene rings is 2. The van der Waals surface area contributed by atoms with E-state index >= 15 is 0 Å². The van der Waals surface area contributed by atoms with Crippen molar-refractivity contribution in [3.8, 4) is 0 Å². The highest BCUT2D eigenvalue weighted by molar-refractivity contribution is 7.99. The number of nitrogens with zero attached hydrogens (tertiary/aromatic N) is 1. The van der Waals surface area contributed by atoms with Gasteiger partial charge in [0, 0.05) is 5.69 Å². The van der Waals surface area contributed by atoms with Crippen LogP contribution < -0.4 is 10.4 Å². The SMILES string of the molecule is O=C(CSc1nc2ccccc2o1)Nc1ccc(C(=O)[O-])cc1. The number of rotatable bonds is 5. The molecule has 3 aromatic rings. The number of hydrogen-bond donors (Lipinski definition) is 1. The number of aromatic nitrogens is 1. The molecular formula is C16H11N2O4S-. The number of fused-ring (bicyclic) bond motifs is 1. The van der Waals surface area contributed by atoms with Gasteiger partial charge in [-0.05, 0) is 29.8 Å². The van der Waals surface area contributed by atoms with Crippen LogP contribution in [0.3, 0.4) is 0 Å². The molecule has 6 nitrogen and oxygen atoms in total. The van der Waals surface area contributed by atoms with Crippen molar-refractivity contribution >= 4 is 40.4 Å². The fraction of sp³-hybridized carbons (Fsp3) is 0.0625. The molecule has 0 saturated heterocycles. The lowest BCUT2D eigenvalue weighted by Crippen LogP contribution is -2.22. The van der Waals surface area contributed by atoms with Crippen LogP contribution in [0.4, 0.5) is 5.69 Å². The normalized spacial score (nSPS) is 10.6. The Hall–Kier alpha value is -2.80. The van der Waals surface area contributed by atoms with Gasteiger partial charge in [-0.15, -0.1) is 0 Å². The van der Waals surface area contributed by atoms with E-state index in [0.717, 1.165) is 5.52 Å². The van der Waals surface area contributed by atoms with Gasteiger partial charge in [0.15, 0.2) is 5.58 Å². The van der Waals surface area contributed by atoms with Gasteiger partial charge >= 0.3 is 0 Å². The van der Waals surface area contributed by atoms with Gasteiger partial charge in [-0.25, -0.2) is 4.98 Å². The third kappa shape index (κ3) is 3.70. The molecule has 116 valence electrons. The quantitative estimate of drug-likeness (QED) is 0.719. The minimum Gasteiger partial charge on any atom is -0.545 e. The molecule has 0 bridgehead atoms. The molecule has 1 heterocycles. The average Bonchev–Trinajstić information content (AvgIpc) is 2.96. The smallest absolute Gasteiger partial charge is 0.257 e. The predicted molar refractivity (Wildman–Crippen MR) is 84.1 cm³/mol. The van der Waals surface area contributed by atoms with Gasteiger partial charge in [-0.2, -0.15) is 0 Å². The minimum absolute atomic E-state index is 0.0591. The zero-order valence-electron chi connectivity index (χ0n) is 11.8. The molecule has 1 aromatic heterocycles. The minimum atomic E-state index is -1.26. The van der Waals surface area contributed by atoms with Crippen LogP contribution in [-0.2, 0) is 4.79 Å². The number of anilines is 1. The summed E-state index contributed by atoms with van der Waals surface area (Å²) in [5.41, 5.74) is 1.99. The Balaban J connectivity index is 1.57. The third-order valence-corrected chi connectivity index (χ3v) is 3.83. The van der Waals surface area contributed by atoms with Gasteiger partial charge in [-0.3, -0.25) is 4.79 Å². The number of thioether (sulfide) groups is 1. The Kier molecular flexibility index (Phi) is 4.29. The summed E-state index contributed by atoms with van der Waals surface area (Å²) in [5, 5.41) is 13.7. The first-order valence-corrected chi connectivity index (χ1v) is 7.70. The first-order chi connectivity index (χ1) is 11.1. The number of carbonyl (C=O) groups is 2. The number of carboxylic acids is 1. The highest BCUT2D eigenvalue weighted by atomic mass is 32.2. The molecule has 0 aliphatic carbocycles. The van der Waals surface area contributed by atoms with Gasteiger partial charge in [0.25, 0.3) is 5.22 Å². The van der Waals surface area contributed by atoms with Crippen LogP contribution in [0.15, 0.2) is 58.2 Å². The second-order valence-corrected chi connectivity index (χ2v) is 5.58. The van der Waals surface area contributed by atoms with E-state index in [-0.39, 0.29) is 17.2 Å². The number of hydrogen-bond acceptors (Lipinski definition) is 6. The van der Waals surface area contributed by atoms with Gasteiger partial charge in [0.05, 0.1) is 11.7 Å². The molecule has 1 N–H and O–H groups in total. The summed E-state index contributed by atoms with van der Waals surface area (Å²) >= 11 is 1.19.